The SMILES string of the molecule is CCC1CNCCN1c1ccc(F)c(Cl)c1. The molecule has 0 bridgehead atoms. The maximum absolute atomic E-state index is 13.1. The third kappa shape index (κ3) is 2.30. The Morgan fingerprint density at radius 2 is 2.38 bits per heavy atom. The summed E-state index contributed by atoms with van der Waals surface area (Å²) in [5.41, 5.74) is 1.01. The Balaban J connectivity index is 2.23. The van der Waals surface area contributed by atoms with Gasteiger partial charge in [-0.1, -0.05) is 18.5 Å². The Morgan fingerprint density at radius 3 is 3.06 bits per heavy atom. The van der Waals surface area contributed by atoms with Gasteiger partial charge in [0.2, 0.25) is 0 Å². The first-order chi connectivity index (χ1) is 7.72. The molecular formula is C12H16ClFN2. The van der Waals surface area contributed by atoms with E-state index in [0.29, 0.717) is 6.04 Å². The highest BCUT2D eigenvalue weighted by atomic mass is 35.5. The molecule has 0 radical (unpaired) electrons. The summed E-state index contributed by atoms with van der Waals surface area (Å²) in [5, 5.41) is 3.56. The summed E-state index contributed by atoms with van der Waals surface area (Å²) in [5.74, 6) is -0.353. The lowest BCUT2D eigenvalue weighted by atomic mass is 10.1. The molecule has 1 atom stereocenters. The quantitative estimate of drug-likeness (QED) is 0.858. The van der Waals surface area contributed by atoms with Crippen LogP contribution in [0.2, 0.25) is 5.02 Å². The van der Waals surface area contributed by atoms with Gasteiger partial charge in [-0.3, -0.25) is 0 Å². The normalized spacial score (nSPS) is 21.2. The molecule has 2 rings (SSSR count). The number of hydrogen-bond donors (Lipinski definition) is 1. The van der Waals surface area contributed by atoms with E-state index in [1.54, 1.807) is 12.1 Å². The van der Waals surface area contributed by atoms with Crippen LogP contribution in [0.25, 0.3) is 0 Å². The van der Waals surface area contributed by atoms with E-state index in [4.69, 9.17) is 11.6 Å². The van der Waals surface area contributed by atoms with Gasteiger partial charge in [0.1, 0.15) is 5.82 Å². The molecule has 0 aliphatic carbocycles. The predicted octanol–water partition coefficient (Wildman–Crippen LogP) is 2.67. The summed E-state index contributed by atoms with van der Waals surface area (Å²) in [7, 11) is 0. The van der Waals surface area contributed by atoms with Crippen LogP contribution in [0.5, 0.6) is 0 Å². The van der Waals surface area contributed by atoms with Crippen molar-refractivity contribution in [2.75, 3.05) is 24.5 Å². The van der Waals surface area contributed by atoms with Crippen LogP contribution in [-0.2, 0) is 0 Å². The van der Waals surface area contributed by atoms with Gasteiger partial charge in [0.05, 0.1) is 5.02 Å². The second-order valence-corrected chi connectivity index (χ2v) is 4.47. The number of nitrogens with zero attached hydrogens (tertiary/aromatic N) is 1. The van der Waals surface area contributed by atoms with Gasteiger partial charge in [0, 0.05) is 31.4 Å². The van der Waals surface area contributed by atoms with E-state index in [2.05, 4.69) is 17.1 Å². The van der Waals surface area contributed by atoms with Crippen molar-refractivity contribution in [3.05, 3.63) is 29.0 Å². The van der Waals surface area contributed by atoms with Crippen molar-refractivity contribution in [2.24, 2.45) is 0 Å². The molecule has 1 aromatic rings. The maximum Gasteiger partial charge on any atom is 0.141 e. The van der Waals surface area contributed by atoms with Crippen LogP contribution in [0.15, 0.2) is 18.2 Å². The fourth-order valence-corrected chi connectivity index (χ4v) is 2.30. The molecule has 0 aromatic heterocycles. The second-order valence-electron chi connectivity index (χ2n) is 4.06. The number of benzene rings is 1. The number of halogens is 2. The number of hydrogen-bond acceptors (Lipinski definition) is 2. The topological polar surface area (TPSA) is 15.3 Å². The standard InChI is InChI=1S/C12H16ClFN2/c1-2-9-8-15-5-6-16(9)10-3-4-12(14)11(13)7-10/h3-4,7,9,15H,2,5-6,8H2,1H3. The molecule has 2 nitrogen and oxygen atoms in total. The van der Waals surface area contributed by atoms with Crippen LogP contribution < -0.4 is 10.2 Å². The molecule has 0 amide bonds. The van der Waals surface area contributed by atoms with Crippen LogP contribution in [0.3, 0.4) is 0 Å². The van der Waals surface area contributed by atoms with Crippen molar-refractivity contribution in [3.63, 3.8) is 0 Å². The van der Waals surface area contributed by atoms with E-state index in [9.17, 15) is 4.39 Å². The minimum atomic E-state index is -0.353. The predicted molar refractivity (Wildman–Crippen MR) is 65.7 cm³/mol. The lowest BCUT2D eigenvalue weighted by molar-refractivity contribution is 0.466. The molecule has 4 heteroatoms. The first-order valence-electron chi connectivity index (χ1n) is 5.64. The Kier molecular flexibility index (Phi) is 3.66. The molecule has 1 fully saturated rings. The molecule has 0 saturated carbocycles. The van der Waals surface area contributed by atoms with Gasteiger partial charge in [-0.2, -0.15) is 0 Å². The first kappa shape index (κ1) is 11.7. The first-order valence-corrected chi connectivity index (χ1v) is 6.02. The minimum absolute atomic E-state index is 0.200. The van der Waals surface area contributed by atoms with Crippen LogP contribution in [-0.4, -0.2) is 25.7 Å². The Hall–Kier alpha value is -0.800. The molecular weight excluding hydrogens is 227 g/mol. The van der Waals surface area contributed by atoms with Gasteiger partial charge in [0.15, 0.2) is 0 Å². The summed E-state index contributed by atoms with van der Waals surface area (Å²) < 4.78 is 13.1. The van der Waals surface area contributed by atoms with Crippen molar-refractivity contribution in [3.8, 4) is 0 Å². The summed E-state index contributed by atoms with van der Waals surface area (Å²) in [6.07, 6.45) is 1.07. The molecule has 1 aromatic carbocycles. The summed E-state index contributed by atoms with van der Waals surface area (Å²) in [4.78, 5) is 2.29. The molecule has 1 saturated heterocycles. The van der Waals surface area contributed by atoms with Crippen molar-refractivity contribution >= 4 is 17.3 Å². The summed E-state index contributed by atoms with van der Waals surface area (Å²) in [6, 6.07) is 5.42. The number of nitrogens with one attached hydrogen (secondary N) is 1. The zero-order chi connectivity index (χ0) is 11.5. The van der Waals surface area contributed by atoms with Crippen molar-refractivity contribution in [1.82, 2.24) is 5.32 Å². The average Bonchev–Trinajstić information content (AvgIpc) is 2.32. The number of piperazine rings is 1. The van der Waals surface area contributed by atoms with Crippen LogP contribution in [0.1, 0.15) is 13.3 Å². The average molecular weight is 243 g/mol. The van der Waals surface area contributed by atoms with Crippen molar-refractivity contribution < 1.29 is 4.39 Å². The highest BCUT2D eigenvalue weighted by Crippen LogP contribution is 2.25. The van der Waals surface area contributed by atoms with Gasteiger partial charge in [-0.15, -0.1) is 0 Å². The molecule has 88 valence electrons. The maximum atomic E-state index is 13.1. The van der Waals surface area contributed by atoms with E-state index in [0.717, 1.165) is 31.7 Å². The third-order valence-corrected chi connectivity index (χ3v) is 3.35. The van der Waals surface area contributed by atoms with Crippen molar-refractivity contribution in [1.29, 1.82) is 0 Å². The molecule has 1 N–H and O–H groups in total. The summed E-state index contributed by atoms with van der Waals surface area (Å²) in [6.45, 7) is 5.05. The number of anilines is 1. The molecule has 1 unspecified atom stereocenters. The van der Waals surface area contributed by atoms with Gasteiger partial charge < -0.3 is 10.2 Å². The Labute approximate surface area is 100 Å². The third-order valence-electron chi connectivity index (χ3n) is 3.06. The fraction of sp³-hybridized carbons (Fsp3) is 0.500. The second kappa shape index (κ2) is 5.02. The highest BCUT2D eigenvalue weighted by molar-refractivity contribution is 6.31. The molecule has 1 aliphatic heterocycles. The summed E-state index contributed by atoms with van der Waals surface area (Å²) >= 11 is 5.81. The van der Waals surface area contributed by atoms with Crippen molar-refractivity contribution in [2.45, 2.75) is 19.4 Å². The van der Waals surface area contributed by atoms with Crippen LogP contribution in [0.4, 0.5) is 10.1 Å². The Bertz CT molecular complexity index is 370. The van der Waals surface area contributed by atoms with Crippen LogP contribution >= 0.6 is 11.6 Å². The fourth-order valence-electron chi connectivity index (χ4n) is 2.13. The minimum Gasteiger partial charge on any atom is -0.366 e. The molecule has 1 heterocycles. The van der Waals surface area contributed by atoms with E-state index in [-0.39, 0.29) is 10.8 Å². The highest BCUT2D eigenvalue weighted by Gasteiger charge is 2.21. The van der Waals surface area contributed by atoms with E-state index < -0.39 is 0 Å². The van der Waals surface area contributed by atoms with E-state index >= 15 is 0 Å². The number of rotatable bonds is 2. The van der Waals surface area contributed by atoms with Crippen LogP contribution in [0, 0.1) is 5.82 Å². The van der Waals surface area contributed by atoms with E-state index in [1.165, 1.54) is 6.07 Å². The molecule has 16 heavy (non-hydrogen) atoms. The van der Waals surface area contributed by atoms with Gasteiger partial charge in [-0.05, 0) is 24.6 Å². The van der Waals surface area contributed by atoms with Gasteiger partial charge in [-0.25, -0.2) is 4.39 Å². The molecule has 0 spiro atoms. The van der Waals surface area contributed by atoms with Gasteiger partial charge >= 0.3 is 0 Å². The zero-order valence-electron chi connectivity index (χ0n) is 9.34. The lowest BCUT2D eigenvalue weighted by Crippen LogP contribution is -2.51. The zero-order valence-corrected chi connectivity index (χ0v) is 10.1. The van der Waals surface area contributed by atoms with E-state index in [1.807, 2.05) is 0 Å². The lowest BCUT2D eigenvalue weighted by Gasteiger charge is -2.37. The monoisotopic (exact) mass is 242 g/mol. The largest absolute Gasteiger partial charge is 0.366 e. The van der Waals surface area contributed by atoms with Gasteiger partial charge in [0.25, 0.3) is 0 Å². The Morgan fingerprint density at radius 1 is 1.56 bits per heavy atom. The smallest absolute Gasteiger partial charge is 0.141 e. The molecule has 1 aliphatic rings.